The maximum absolute atomic E-state index is 12.9. The number of methoxy groups -OCH3 is 2. The summed E-state index contributed by atoms with van der Waals surface area (Å²) in [7, 11) is -0.870. The predicted octanol–water partition coefficient (Wildman–Crippen LogP) is 3.31. The van der Waals surface area contributed by atoms with Crippen LogP contribution in [0.3, 0.4) is 0 Å². The van der Waals surface area contributed by atoms with Crippen LogP contribution >= 0.6 is 0 Å². The van der Waals surface area contributed by atoms with E-state index in [1.807, 2.05) is 37.3 Å². The third kappa shape index (κ3) is 3.61. The van der Waals surface area contributed by atoms with Gasteiger partial charge in [-0.15, -0.1) is 0 Å². The molecule has 1 aromatic heterocycles. The predicted molar refractivity (Wildman–Crippen MR) is 103 cm³/mol. The largest absolute Gasteiger partial charge is 0.493 e. The fourth-order valence-corrected chi connectivity index (χ4v) is 3.98. The average molecular weight is 387 g/mol. The van der Waals surface area contributed by atoms with Crippen LogP contribution in [0.5, 0.6) is 11.5 Å². The number of benzene rings is 2. The van der Waals surface area contributed by atoms with Gasteiger partial charge in [-0.25, -0.2) is 13.1 Å². The highest BCUT2D eigenvalue weighted by atomic mass is 32.2. The van der Waals surface area contributed by atoms with Crippen molar-refractivity contribution in [2.24, 2.45) is 0 Å². The van der Waals surface area contributed by atoms with Crippen molar-refractivity contribution < 1.29 is 17.9 Å². The van der Waals surface area contributed by atoms with E-state index in [9.17, 15) is 8.42 Å². The molecule has 0 amide bonds. The average Bonchev–Trinajstić information content (AvgIpc) is 2.96. The second-order valence-corrected chi connectivity index (χ2v) is 7.60. The molecule has 8 heteroatoms. The molecule has 0 spiro atoms. The molecule has 0 saturated carbocycles. The minimum atomic E-state index is -3.82. The summed E-state index contributed by atoms with van der Waals surface area (Å²) in [6.07, 6.45) is 0. The van der Waals surface area contributed by atoms with Crippen LogP contribution in [-0.4, -0.2) is 32.4 Å². The quantitative estimate of drug-likeness (QED) is 0.702. The lowest BCUT2D eigenvalue weighted by atomic mass is 10.3. The number of aryl methyl sites for hydroxylation is 1. The maximum atomic E-state index is 12.9. The molecule has 3 rings (SSSR count). The molecule has 1 heterocycles. The molecule has 0 fully saturated rings. The number of sulfonamides is 1. The summed E-state index contributed by atoms with van der Waals surface area (Å²) < 4.78 is 40.5. The molecule has 1 N–H and O–H groups in total. The lowest BCUT2D eigenvalue weighted by Gasteiger charge is -2.12. The van der Waals surface area contributed by atoms with Crippen molar-refractivity contribution in [3.05, 3.63) is 59.9 Å². The molecule has 2 aromatic carbocycles. The standard InChI is InChI=1S/C19H21N3O4S/c1-13-19(14(2)22(20-13)15-8-6-5-7-9-15)21-27(23,24)16-10-11-17(25-3)18(12-16)26-4/h5-12,21H,1-4H3. The second kappa shape index (κ2) is 7.32. The first kappa shape index (κ1) is 18.8. The van der Waals surface area contributed by atoms with E-state index < -0.39 is 10.0 Å². The van der Waals surface area contributed by atoms with Gasteiger partial charge in [0.15, 0.2) is 11.5 Å². The third-order valence-corrected chi connectivity index (χ3v) is 5.54. The molecule has 0 unspecified atom stereocenters. The van der Waals surface area contributed by atoms with E-state index in [2.05, 4.69) is 9.82 Å². The zero-order chi connectivity index (χ0) is 19.6. The van der Waals surface area contributed by atoms with Gasteiger partial charge in [0.1, 0.15) is 0 Å². The van der Waals surface area contributed by atoms with Gasteiger partial charge < -0.3 is 9.47 Å². The normalized spacial score (nSPS) is 11.3. The van der Waals surface area contributed by atoms with Crippen molar-refractivity contribution in [3.63, 3.8) is 0 Å². The van der Waals surface area contributed by atoms with Gasteiger partial charge in [-0.1, -0.05) is 18.2 Å². The van der Waals surface area contributed by atoms with Gasteiger partial charge >= 0.3 is 0 Å². The van der Waals surface area contributed by atoms with E-state index in [1.54, 1.807) is 17.7 Å². The number of aromatic nitrogens is 2. The Labute approximate surface area is 158 Å². The molecule has 0 saturated heterocycles. The maximum Gasteiger partial charge on any atom is 0.262 e. The molecule has 7 nitrogen and oxygen atoms in total. The molecule has 0 bridgehead atoms. The van der Waals surface area contributed by atoms with Crippen molar-refractivity contribution in [3.8, 4) is 17.2 Å². The van der Waals surface area contributed by atoms with Gasteiger partial charge in [0, 0.05) is 6.07 Å². The Balaban J connectivity index is 1.99. The molecule has 0 aliphatic rings. The van der Waals surface area contributed by atoms with Gasteiger partial charge in [0.05, 0.1) is 41.9 Å². The van der Waals surface area contributed by atoms with Crippen LogP contribution in [0, 0.1) is 13.8 Å². The van der Waals surface area contributed by atoms with Crippen molar-refractivity contribution in [2.75, 3.05) is 18.9 Å². The van der Waals surface area contributed by atoms with E-state index in [4.69, 9.17) is 9.47 Å². The van der Waals surface area contributed by atoms with Gasteiger partial charge in [-0.3, -0.25) is 4.72 Å². The molecule has 0 radical (unpaired) electrons. The number of hydrogen-bond acceptors (Lipinski definition) is 5. The van der Waals surface area contributed by atoms with Crippen molar-refractivity contribution in [2.45, 2.75) is 18.7 Å². The summed E-state index contributed by atoms with van der Waals surface area (Å²) in [6.45, 7) is 3.58. The lowest BCUT2D eigenvalue weighted by molar-refractivity contribution is 0.354. The molecule has 142 valence electrons. The number of nitrogens with zero attached hydrogens (tertiary/aromatic N) is 2. The summed E-state index contributed by atoms with van der Waals surface area (Å²) >= 11 is 0. The summed E-state index contributed by atoms with van der Waals surface area (Å²) in [5.74, 6) is 0.800. The van der Waals surface area contributed by atoms with E-state index in [0.717, 1.165) is 5.69 Å². The van der Waals surface area contributed by atoms with E-state index >= 15 is 0 Å². The minimum absolute atomic E-state index is 0.0754. The SMILES string of the molecule is COc1ccc(S(=O)(=O)Nc2c(C)nn(-c3ccccc3)c2C)cc1OC. The Hall–Kier alpha value is -3.00. The fraction of sp³-hybridized carbons (Fsp3) is 0.211. The third-order valence-electron chi connectivity index (χ3n) is 4.19. The zero-order valence-electron chi connectivity index (χ0n) is 15.6. The van der Waals surface area contributed by atoms with Crippen molar-refractivity contribution in [1.29, 1.82) is 0 Å². The smallest absolute Gasteiger partial charge is 0.262 e. The molecule has 3 aromatic rings. The topological polar surface area (TPSA) is 82.5 Å². The van der Waals surface area contributed by atoms with Crippen LogP contribution in [0.15, 0.2) is 53.4 Å². The van der Waals surface area contributed by atoms with Gasteiger partial charge in [-0.05, 0) is 38.1 Å². The molecular weight excluding hydrogens is 366 g/mol. The number of nitrogens with one attached hydrogen (secondary N) is 1. The molecule has 0 atom stereocenters. The summed E-state index contributed by atoms with van der Waals surface area (Å²) in [6, 6.07) is 14.0. The fourth-order valence-electron chi connectivity index (χ4n) is 2.79. The highest BCUT2D eigenvalue weighted by Gasteiger charge is 2.22. The Bertz CT molecular complexity index is 1060. The van der Waals surface area contributed by atoms with Crippen LogP contribution in [0.4, 0.5) is 5.69 Å². The lowest BCUT2D eigenvalue weighted by Crippen LogP contribution is -2.14. The summed E-state index contributed by atoms with van der Waals surface area (Å²) in [5, 5.41) is 4.46. The number of anilines is 1. The van der Waals surface area contributed by atoms with Gasteiger partial charge in [-0.2, -0.15) is 5.10 Å². The molecular formula is C19H21N3O4S. The molecule has 0 aliphatic heterocycles. The monoisotopic (exact) mass is 387 g/mol. The van der Waals surface area contributed by atoms with Gasteiger partial charge in [0.25, 0.3) is 10.0 Å². The van der Waals surface area contributed by atoms with Crippen LogP contribution < -0.4 is 14.2 Å². The van der Waals surface area contributed by atoms with E-state index in [1.165, 1.54) is 26.4 Å². The summed E-state index contributed by atoms with van der Waals surface area (Å²) in [4.78, 5) is 0.0754. The Morgan fingerprint density at radius 2 is 1.63 bits per heavy atom. The number of hydrogen-bond donors (Lipinski definition) is 1. The first-order valence-corrected chi connectivity index (χ1v) is 9.72. The minimum Gasteiger partial charge on any atom is -0.493 e. The van der Waals surface area contributed by atoms with E-state index in [-0.39, 0.29) is 4.90 Å². The Morgan fingerprint density at radius 1 is 0.963 bits per heavy atom. The second-order valence-electron chi connectivity index (χ2n) is 5.92. The Morgan fingerprint density at radius 3 is 2.26 bits per heavy atom. The highest BCUT2D eigenvalue weighted by Crippen LogP contribution is 2.31. The van der Waals surface area contributed by atoms with Crippen LogP contribution in [0.2, 0.25) is 0 Å². The number of ether oxygens (including phenoxy) is 2. The number of rotatable bonds is 6. The van der Waals surface area contributed by atoms with Crippen LogP contribution in [-0.2, 0) is 10.0 Å². The summed E-state index contributed by atoms with van der Waals surface area (Å²) in [5.41, 5.74) is 2.59. The Kier molecular flexibility index (Phi) is 5.09. The van der Waals surface area contributed by atoms with E-state index in [0.29, 0.717) is 28.6 Å². The zero-order valence-corrected chi connectivity index (χ0v) is 16.4. The first-order chi connectivity index (χ1) is 12.9. The highest BCUT2D eigenvalue weighted by molar-refractivity contribution is 7.92. The van der Waals surface area contributed by atoms with Gasteiger partial charge in [0.2, 0.25) is 0 Å². The van der Waals surface area contributed by atoms with Crippen molar-refractivity contribution >= 4 is 15.7 Å². The van der Waals surface area contributed by atoms with Crippen molar-refractivity contribution in [1.82, 2.24) is 9.78 Å². The molecule has 27 heavy (non-hydrogen) atoms. The van der Waals surface area contributed by atoms with Crippen LogP contribution in [0.1, 0.15) is 11.4 Å². The molecule has 0 aliphatic carbocycles. The van der Waals surface area contributed by atoms with Crippen LogP contribution in [0.25, 0.3) is 5.69 Å². The first-order valence-electron chi connectivity index (χ1n) is 8.24. The number of para-hydroxylation sites is 1.